The van der Waals surface area contributed by atoms with Crippen LogP contribution in [0.4, 0.5) is 5.13 Å². The molecule has 1 amide bonds. The Morgan fingerprint density at radius 2 is 1.87 bits per heavy atom. The molecule has 4 rings (SSSR count). The number of thiazole rings is 1. The van der Waals surface area contributed by atoms with Gasteiger partial charge in [0.05, 0.1) is 18.0 Å². The quantitative estimate of drug-likeness (QED) is 0.365. The second-order valence-electron chi connectivity index (χ2n) is 6.90. The van der Waals surface area contributed by atoms with E-state index >= 15 is 0 Å². The molecule has 0 fully saturated rings. The van der Waals surface area contributed by atoms with E-state index < -0.39 is 0 Å². The van der Waals surface area contributed by atoms with Gasteiger partial charge in [0.2, 0.25) is 5.91 Å². The molecule has 0 saturated heterocycles. The molecular weight excluding hydrogens is 450 g/mol. The van der Waals surface area contributed by atoms with Crippen molar-refractivity contribution in [2.75, 3.05) is 11.1 Å². The number of hydrogen-bond donors (Lipinski definition) is 1. The summed E-state index contributed by atoms with van der Waals surface area (Å²) < 4.78 is 2.06. The van der Waals surface area contributed by atoms with Crippen LogP contribution in [0.5, 0.6) is 0 Å². The lowest BCUT2D eigenvalue weighted by molar-refractivity contribution is -0.113. The number of anilines is 1. The first-order chi connectivity index (χ1) is 15.1. The van der Waals surface area contributed by atoms with E-state index in [4.69, 9.17) is 11.6 Å². The lowest BCUT2D eigenvalue weighted by Crippen LogP contribution is -2.15. The Labute approximate surface area is 193 Å². The molecule has 0 aliphatic rings. The van der Waals surface area contributed by atoms with Crippen LogP contribution >= 0.6 is 34.7 Å². The Balaban J connectivity index is 1.51. The Morgan fingerprint density at radius 3 is 2.58 bits per heavy atom. The normalized spacial score (nSPS) is 10.9. The van der Waals surface area contributed by atoms with Crippen LogP contribution in [0.25, 0.3) is 0 Å². The molecule has 0 radical (unpaired) electrons. The molecule has 0 aliphatic carbocycles. The van der Waals surface area contributed by atoms with E-state index in [1.807, 2.05) is 54.8 Å². The van der Waals surface area contributed by atoms with Gasteiger partial charge in [-0.05, 0) is 30.2 Å². The number of rotatable bonds is 8. The van der Waals surface area contributed by atoms with Gasteiger partial charge in [-0.25, -0.2) is 4.98 Å². The van der Waals surface area contributed by atoms with Crippen LogP contribution in [0, 0.1) is 6.92 Å². The fourth-order valence-electron chi connectivity index (χ4n) is 2.96. The SMILES string of the molecule is Cc1csc(NC(=O)CSc2nnc(Cc3ccccc3)n2Cc2ccc(Cl)cc2)n1. The highest BCUT2D eigenvalue weighted by atomic mass is 35.5. The number of hydrogen-bond acceptors (Lipinski definition) is 6. The van der Waals surface area contributed by atoms with Gasteiger partial charge >= 0.3 is 0 Å². The number of aryl methyl sites for hydroxylation is 1. The molecule has 9 heteroatoms. The summed E-state index contributed by atoms with van der Waals surface area (Å²) in [5, 5.41) is 15.5. The molecule has 31 heavy (non-hydrogen) atoms. The number of aromatic nitrogens is 4. The number of nitrogens with zero attached hydrogens (tertiary/aromatic N) is 4. The molecule has 0 spiro atoms. The average molecular weight is 470 g/mol. The number of benzene rings is 2. The molecule has 0 aliphatic heterocycles. The highest BCUT2D eigenvalue weighted by Crippen LogP contribution is 2.22. The molecule has 0 unspecified atom stereocenters. The maximum atomic E-state index is 12.4. The number of thioether (sulfide) groups is 1. The zero-order valence-electron chi connectivity index (χ0n) is 16.8. The highest BCUT2D eigenvalue weighted by molar-refractivity contribution is 7.99. The van der Waals surface area contributed by atoms with Gasteiger partial charge in [-0.15, -0.1) is 21.5 Å². The summed E-state index contributed by atoms with van der Waals surface area (Å²) >= 11 is 8.81. The van der Waals surface area contributed by atoms with E-state index in [0.29, 0.717) is 28.3 Å². The van der Waals surface area contributed by atoms with E-state index in [9.17, 15) is 4.79 Å². The zero-order valence-corrected chi connectivity index (χ0v) is 19.2. The molecule has 158 valence electrons. The maximum Gasteiger partial charge on any atom is 0.236 e. The van der Waals surface area contributed by atoms with E-state index in [1.165, 1.54) is 23.1 Å². The third kappa shape index (κ3) is 5.94. The topological polar surface area (TPSA) is 72.7 Å². The van der Waals surface area contributed by atoms with Crippen molar-refractivity contribution in [1.29, 1.82) is 0 Å². The van der Waals surface area contributed by atoms with Crippen LogP contribution in [-0.2, 0) is 17.8 Å². The summed E-state index contributed by atoms with van der Waals surface area (Å²) in [5.41, 5.74) is 3.13. The van der Waals surface area contributed by atoms with Crippen molar-refractivity contribution in [2.45, 2.75) is 25.0 Å². The molecule has 2 heterocycles. The van der Waals surface area contributed by atoms with Crippen LogP contribution in [0.2, 0.25) is 5.02 Å². The Bertz CT molecular complexity index is 1160. The molecule has 0 saturated carbocycles. The molecular formula is C22H20ClN5OS2. The van der Waals surface area contributed by atoms with Crippen molar-refractivity contribution >= 4 is 45.7 Å². The second kappa shape index (κ2) is 10.1. The fraction of sp³-hybridized carbons (Fsp3) is 0.182. The Hall–Kier alpha value is -2.68. The van der Waals surface area contributed by atoms with Gasteiger partial charge in [0.15, 0.2) is 10.3 Å². The van der Waals surface area contributed by atoms with Crippen LogP contribution in [0.3, 0.4) is 0 Å². The van der Waals surface area contributed by atoms with Gasteiger partial charge in [0.1, 0.15) is 5.82 Å². The zero-order chi connectivity index (χ0) is 21.6. The molecule has 2 aromatic carbocycles. The summed E-state index contributed by atoms with van der Waals surface area (Å²) in [7, 11) is 0. The summed E-state index contributed by atoms with van der Waals surface area (Å²) in [4.78, 5) is 16.6. The van der Waals surface area contributed by atoms with Gasteiger partial charge in [-0.2, -0.15) is 0 Å². The Kier molecular flexibility index (Phi) is 7.01. The van der Waals surface area contributed by atoms with E-state index in [2.05, 4.69) is 37.2 Å². The van der Waals surface area contributed by atoms with Gasteiger partial charge < -0.3 is 9.88 Å². The average Bonchev–Trinajstić information content (AvgIpc) is 3.34. The minimum Gasteiger partial charge on any atom is -0.301 e. The second-order valence-corrected chi connectivity index (χ2v) is 9.14. The first-order valence-corrected chi connectivity index (χ1v) is 11.9. The first kappa shape index (κ1) is 21.5. The number of halogens is 1. The minimum atomic E-state index is -0.120. The highest BCUT2D eigenvalue weighted by Gasteiger charge is 2.16. The van der Waals surface area contributed by atoms with Gasteiger partial charge in [-0.3, -0.25) is 4.79 Å². The van der Waals surface area contributed by atoms with E-state index in [1.54, 1.807) is 0 Å². The van der Waals surface area contributed by atoms with Crippen molar-refractivity contribution in [3.8, 4) is 0 Å². The summed E-state index contributed by atoms with van der Waals surface area (Å²) in [6, 6.07) is 17.9. The summed E-state index contributed by atoms with van der Waals surface area (Å²) in [6.45, 7) is 2.50. The molecule has 0 atom stereocenters. The molecule has 4 aromatic rings. The summed E-state index contributed by atoms with van der Waals surface area (Å²) in [5.74, 6) is 0.951. The van der Waals surface area contributed by atoms with Crippen LogP contribution in [0.1, 0.15) is 22.6 Å². The van der Waals surface area contributed by atoms with Gasteiger partial charge in [0, 0.05) is 16.8 Å². The number of carbonyl (C=O) groups excluding carboxylic acids is 1. The van der Waals surface area contributed by atoms with Crippen molar-refractivity contribution in [3.63, 3.8) is 0 Å². The van der Waals surface area contributed by atoms with E-state index in [0.717, 1.165) is 22.6 Å². The standard InChI is InChI=1S/C22H20ClN5OS2/c1-15-13-30-21(24-15)25-20(29)14-31-22-27-26-19(11-16-5-3-2-4-6-16)28(22)12-17-7-9-18(23)10-8-17/h2-10,13H,11-12,14H2,1H3,(H,24,25,29). The van der Waals surface area contributed by atoms with Crippen molar-refractivity contribution in [1.82, 2.24) is 19.7 Å². The van der Waals surface area contributed by atoms with Crippen LogP contribution < -0.4 is 5.32 Å². The van der Waals surface area contributed by atoms with Gasteiger partial charge in [0.25, 0.3) is 0 Å². The lowest BCUT2D eigenvalue weighted by Gasteiger charge is -2.11. The van der Waals surface area contributed by atoms with Crippen molar-refractivity contribution in [2.24, 2.45) is 0 Å². The van der Waals surface area contributed by atoms with Gasteiger partial charge in [-0.1, -0.05) is 65.8 Å². The third-order valence-electron chi connectivity index (χ3n) is 4.45. The monoisotopic (exact) mass is 469 g/mol. The predicted octanol–water partition coefficient (Wildman–Crippen LogP) is 5.07. The molecule has 1 N–H and O–H groups in total. The Morgan fingerprint density at radius 1 is 1.10 bits per heavy atom. The number of carbonyl (C=O) groups is 1. The first-order valence-electron chi connectivity index (χ1n) is 9.62. The van der Waals surface area contributed by atoms with Crippen molar-refractivity contribution < 1.29 is 4.79 Å². The van der Waals surface area contributed by atoms with Crippen molar-refractivity contribution in [3.05, 3.63) is 87.6 Å². The van der Waals surface area contributed by atoms with E-state index in [-0.39, 0.29) is 11.7 Å². The summed E-state index contributed by atoms with van der Waals surface area (Å²) in [6.07, 6.45) is 0.659. The fourth-order valence-corrected chi connectivity index (χ4v) is 4.55. The smallest absolute Gasteiger partial charge is 0.236 e. The van der Waals surface area contributed by atoms with Crippen LogP contribution in [-0.4, -0.2) is 31.4 Å². The predicted molar refractivity (Wildman–Crippen MR) is 126 cm³/mol. The lowest BCUT2D eigenvalue weighted by atomic mass is 10.1. The molecule has 0 bridgehead atoms. The molecule has 6 nitrogen and oxygen atoms in total. The number of nitrogens with one attached hydrogen (secondary N) is 1. The molecule has 2 aromatic heterocycles. The third-order valence-corrected chi connectivity index (χ3v) is 6.54. The minimum absolute atomic E-state index is 0.120. The maximum absolute atomic E-state index is 12.4. The number of amides is 1. The van der Waals surface area contributed by atoms with Crippen LogP contribution in [0.15, 0.2) is 65.1 Å². The largest absolute Gasteiger partial charge is 0.301 e.